The molecule has 1 saturated carbocycles. The minimum Gasteiger partial charge on any atom is -0.508 e. The van der Waals surface area contributed by atoms with Gasteiger partial charge in [-0.2, -0.15) is 0 Å². The summed E-state index contributed by atoms with van der Waals surface area (Å²) in [6, 6.07) is 0.376. The summed E-state index contributed by atoms with van der Waals surface area (Å²) < 4.78 is 5.91. The summed E-state index contributed by atoms with van der Waals surface area (Å²) in [4.78, 5) is 56.5. The first-order chi connectivity index (χ1) is 19.7. The Morgan fingerprint density at radius 2 is 1.67 bits per heavy atom. The van der Waals surface area contributed by atoms with Crippen LogP contribution in [0.2, 0.25) is 0 Å². The zero-order valence-electron chi connectivity index (χ0n) is 26.0. The molecule has 1 aromatic rings. The van der Waals surface area contributed by atoms with Gasteiger partial charge in [-0.1, -0.05) is 34.6 Å². The Morgan fingerprint density at radius 1 is 1.09 bits per heavy atom. The van der Waals surface area contributed by atoms with Crippen LogP contribution in [0.5, 0.6) is 5.75 Å². The Bertz CT molecular complexity index is 1500. The molecule has 1 fully saturated rings. The SMILES string of the molecule is CCC(=O)OC1C2C(=C(O)c3c(O)c(C(C)(C)C)cc(N(C)C)c3C2C)C(=O)C2(O)C(O)=C(C(N)=O)C(=O)C(N(C)C)C12. The first-order valence-corrected chi connectivity index (χ1v) is 14.2. The number of carbonyl (C=O) groups is 4. The molecule has 0 saturated heterocycles. The molecule has 43 heavy (non-hydrogen) atoms. The molecule has 0 aliphatic heterocycles. The lowest BCUT2D eigenvalue weighted by atomic mass is 9.54. The Hall–Kier alpha value is -3.90. The minimum absolute atomic E-state index is 0.0273. The highest BCUT2D eigenvalue weighted by molar-refractivity contribution is 6.24. The number of phenolic OH excluding ortho intramolecular Hbond substituents is 1. The molecule has 0 radical (unpaired) electrons. The summed E-state index contributed by atoms with van der Waals surface area (Å²) in [6.07, 6.45) is -1.53. The van der Waals surface area contributed by atoms with Crippen molar-refractivity contribution in [2.24, 2.45) is 17.6 Å². The number of rotatable bonds is 5. The molecule has 0 aromatic heterocycles. The van der Waals surface area contributed by atoms with Gasteiger partial charge < -0.3 is 35.8 Å². The van der Waals surface area contributed by atoms with Gasteiger partial charge in [-0.05, 0) is 37.1 Å². The number of primary amides is 1. The van der Waals surface area contributed by atoms with Gasteiger partial charge in [0.1, 0.15) is 28.9 Å². The number of benzene rings is 1. The third-order valence-corrected chi connectivity index (χ3v) is 9.02. The van der Waals surface area contributed by atoms with E-state index in [0.29, 0.717) is 16.8 Å². The van der Waals surface area contributed by atoms with Crippen molar-refractivity contribution in [3.63, 3.8) is 0 Å². The van der Waals surface area contributed by atoms with Crippen LogP contribution in [0.3, 0.4) is 0 Å². The second-order valence-corrected chi connectivity index (χ2v) is 13.1. The topological polar surface area (TPSA) is 191 Å². The fraction of sp³-hybridized carbons (Fsp3) is 0.548. The summed E-state index contributed by atoms with van der Waals surface area (Å²) in [5.74, 6) is -9.83. The van der Waals surface area contributed by atoms with Gasteiger partial charge in [0.15, 0.2) is 11.4 Å². The molecule has 12 nitrogen and oxygen atoms in total. The van der Waals surface area contributed by atoms with Crippen LogP contribution >= 0.6 is 0 Å². The van der Waals surface area contributed by atoms with E-state index in [1.807, 2.05) is 20.8 Å². The summed E-state index contributed by atoms with van der Waals surface area (Å²) in [5, 5.41) is 46.9. The van der Waals surface area contributed by atoms with E-state index in [9.17, 15) is 39.6 Å². The van der Waals surface area contributed by atoms with Gasteiger partial charge in [-0.3, -0.25) is 24.1 Å². The van der Waals surface area contributed by atoms with Crippen molar-refractivity contribution in [2.75, 3.05) is 33.1 Å². The Morgan fingerprint density at radius 3 is 2.14 bits per heavy atom. The number of anilines is 1. The maximum Gasteiger partial charge on any atom is 0.305 e. The molecule has 234 valence electrons. The Labute approximate surface area is 250 Å². The Kier molecular flexibility index (Phi) is 7.73. The molecule has 6 atom stereocenters. The van der Waals surface area contributed by atoms with Crippen LogP contribution in [-0.2, 0) is 29.3 Å². The predicted octanol–water partition coefficient (Wildman–Crippen LogP) is 1.82. The lowest BCUT2D eigenvalue weighted by Gasteiger charge is -2.54. The van der Waals surface area contributed by atoms with Crippen molar-refractivity contribution in [2.45, 2.75) is 70.1 Å². The van der Waals surface area contributed by atoms with Gasteiger partial charge in [-0.15, -0.1) is 0 Å². The number of aromatic hydroxyl groups is 1. The largest absolute Gasteiger partial charge is 0.508 e. The van der Waals surface area contributed by atoms with Gasteiger partial charge in [0, 0.05) is 43.3 Å². The smallest absolute Gasteiger partial charge is 0.305 e. The number of likely N-dealkylation sites (N-methyl/N-ethyl adjacent to an activating group) is 1. The van der Waals surface area contributed by atoms with Crippen LogP contribution in [0.4, 0.5) is 5.69 Å². The normalized spacial score (nSPS) is 28.9. The van der Waals surface area contributed by atoms with E-state index in [2.05, 4.69) is 0 Å². The fourth-order valence-corrected chi connectivity index (χ4v) is 7.03. The highest BCUT2D eigenvalue weighted by Gasteiger charge is 2.69. The molecule has 3 aliphatic rings. The van der Waals surface area contributed by atoms with E-state index in [0.717, 1.165) is 0 Å². The van der Waals surface area contributed by atoms with Crippen LogP contribution < -0.4 is 10.6 Å². The molecule has 0 spiro atoms. The van der Waals surface area contributed by atoms with Crippen molar-refractivity contribution >= 4 is 34.9 Å². The predicted molar refractivity (Wildman–Crippen MR) is 158 cm³/mol. The standard InChI is InChI=1S/C31H41N3O9/c1-10-15(35)43-26-17-12(2)16-14(33(6)7)11-13(30(3,4)5)23(36)18(16)24(37)19(17)27(39)31(42)21(26)22(34(8)9)25(38)20(28(31)40)29(32)41/h11-12,17,21-22,26,36-37,40,42H,10H2,1-9H3,(H2,32,41). The molecule has 6 unspecified atom stereocenters. The van der Waals surface area contributed by atoms with E-state index in [1.165, 1.54) is 19.0 Å². The van der Waals surface area contributed by atoms with E-state index >= 15 is 0 Å². The third-order valence-electron chi connectivity index (χ3n) is 9.02. The van der Waals surface area contributed by atoms with Crippen molar-refractivity contribution < 1.29 is 44.3 Å². The van der Waals surface area contributed by atoms with Crippen molar-refractivity contribution in [1.29, 1.82) is 0 Å². The van der Waals surface area contributed by atoms with E-state index in [1.54, 1.807) is 38.9 Å². The summed E-state index contributed by atoms with van der Waals surface area (Å²) >= 11 is 0. The zero-order valence-corrected chi connectivity index (χ0v) is 26.0. The molecule has 3 aliphatic carbocycles. The average molecular weight is 600 g/mol. The molecule has 1 aromatic carbocycles. The Balaban J connectivity index is 2.19. The lowest BCUT2D eigenvalue weighted by Crippen LogP contribution is -2.71. The average Bonchev–Trinajstić information content (AvgIpc) is 2.88. The van der Waals surface area contributed by atoms with Crippen LogP contribution in [0.25, 0.3) is 5.76 Å². The number of aliphatic hydroxyl groups excluding tert-OH is 2. The van der Waals surface area contributed by atoms with Gasteiger partial charge in [0.05, 0.1) is 17.5 Å². The number of nitrogens with zero attached hydrogens (tertiary/aromatic N) is 2. The molecule has 12 heteroatoms. The first-order valence-electron chi connectivity index (χ1n) is 14.2. The zero-order chi connectivity index (χ0) is 32.7. The second-order valence-electron chi connectivity index (χ2n) is 13.1. The van der Waals surface area contributed by atoms with Crippen LogP contribution in [0.15, 0.2) is 23.0 Å². The van der Waals surface area contributed by atoms with Crippen LogP contribution in [0, 0.1) is 11.8 Å². The van der Waals surface area contributed by atoms with Crippen molar-refractivity contribution in [3.05, 3.63) is 39.7 Å². The number of ketones is 2. The van der Waals surface area contributed by atoms with Gasteiger partial charge in [0.2, 0.25) is 5.78 Å². The van der Waals surface area contributed by atoms with Crippen molar-refractivity contribution in [3.8, 4) is 5.75 Å². The highest BCUT2D eigenvalue weighted by Crippen LogP contribution is 2.59. The summed E-state index contributed by atoms with van der Waals surface area (Å²) in [7, 11) is 6.53. The monoisotopic (exact) mass is 599 g/mol. The number of hydrogen-bond acceptors (Lipinski definition) is 11. The molecule has 4 rings (SSSR count). The van der Waals surface area contributed by atoms with E-state index in [4.69, 9.17) is 10.5 Å². The van der Waals surface area contributed by atoms with Gasteiger partial charge >= 0.3 is 5.97 Å². The summed E-state index contributed by atoms with van der Waals surface area (Å²) in [6.45, 7) is 8.91. The number of Topliss-reactive ketones (excluding diaryl/α,β-unsaturated/α-hetero) is 2. The van der Waals surface area contributed by atoms with Crippen molar-refractivity contribution in [1.82, 2.24) is 4.90 Å². The number of esters is 1. The first kappa shape index (κ1) is 32.0. The van der Waals surface area contributed by atoms with Gasteiger partial charge in [0.25, 0.3) is 5.91 Å². The number of fused-ring (bicyclic) bond motifs is 3. The quantitative estimate of drug-likeness (QED) is 0.245. The molecule has 6 N–H and O–H groups in total. The lowest BCUT2D eigenvalue weighted by molar-refractivity contribution is -0.185. The number of hydrogen-bond donors (Lipinski definition) is 5. The maximum absolute atomic E-state index is 14.5. The molecule has 0 bridgehead atoms. The van der Waals surface area contributed by atoms with E-state index < -0.39 is 87.0 Å². The molecular formula is C31H41N3O9. The van der Waals surface area contributed by atoms with Crippen LogP contribution in [-0.4, -0.2) is 94.7 Å². The number of ether oxygens (including phenoxy) is 1. The third kappa shape index (κ3) is 4.41. The van der Waals surface area contributed by atoms with E-state index in [-0.39, 0.29) is 17.7 Å². The maximum atomic E-state index is 14.5. The molecule has 0 heterocycles. The minimum atomic E-state index is -2.98. The molecular weight excluding hydrogens is 558 g/mol. The second kappa shape index (κ2) is 10.4. The molecule has 1 amide bonds. The van der Waals surface area contributed by atoms with Crippen LogP contribution in [0.1, 0.15) is 63.6 Å². The fourth-order valence-electron chi connectivity index (χ4n) is 7.03. The number of carbonyl (C=O) groups excluding carboxylic acids is 4. The number of aliphatic hydroxyl groups is 3. The number of phenols is 1. The summed E-state index contributed by atoms with van der Waals surface area (Å²) in [5.41, 5.74) is 2.07. The highest BCUT2D eigenvalue weighted by atomic mass is 16.5. The number of amides is 1. The number of nitrogens with two attached hydrogens (primary N) is 1. The van der Waals surface area contributed by atoms with Gasteiger partial charge in [-0.25, -0.2) is 0 Å².